The first-order valence-corrected chi connectivity index (χ1v) is 6.81. The number of fused-ring (bicyclic) bond motifs is 1. The standard InChI is InChI=1S/C16H17N3O/c20-16-18-14-9-8-13(11-15(14)19-16)17-10-4-7-12-5-2-1-3-6-12/h1-3,5-6,8-9,11,17H,4,7,10H2,(H2,18,19,20). The summed E-state index contributed by atoms with van der Waals surface area (Å²) in [5, 5.41) is 3.38. The van der Waals surface area contributed by atoms with Gasteiger partial charge in [-0.1, -0.05) is 30.3 Å². The second-order valence-corrected chi connectivity index (χ2v) is 4.86. The van der Waals surface area contributed by atoms with E-state index in [4.69, 9.17) is 0 Å². The zero-order valence-corrected chi connectivity index (χ0v) is 11.1. The number of hydrogen-bond donors (Lipinski definition) is 3. The quantitative estimate of drug-likeness (QED) is 0.622. The van der Waals surface area contributed by atoms with Gasteiger partial charge >= 0.3 is 5.69 Å². The molecular formula is C16H17N3O. The fourth-order valence-electron chi connectivity index (χ4n) is 2.31. The Morgan fingerprint density at radius 1 is 0.950 bits per heavy atom. The third kappa shape index (κ3) is 2.91. The van der Waals surface area contributed by atoms with Gasteiger partial charge in [-0.2, -0.15) is 0 Å². The van der Waals surface area contributed by atoms with Crippen LogP contribution in [0.5, 0.6) is 0 Å². The lowest BCUT2D eigenvalue weighted by Gasteiger charge is -2.06. The van der Waals surface area contributed by atoms with Crippen molar-refractivity contribution >= 4 is 16.7 Å². The molecule has 0 aliphatic rings. The smallest absolute Gasteiger partial charge is 0.323 e. The van der Waals surface area contributed by atoms with E-state index in [-0.39, 0.29) is 5.69 Å². The van der Waals surface area contributed by atoms with E-state index in [1.165, 1.54) is 5.56 Å². The highest BCUT2D eigenvalue weighted by Crippen LogP contribution is 2.14. The third-order valence-electron chi connectivity index (χ3n) is 3.33. The summed E-state index contributed by atoms with van der Waals surface area (Å²) in [5.41, 5.74) is 3.90. The fraction of sp³-hybridized carbons (Fsp3) is 0.188. The average Bonchev–Trinajstić information content (AvgIpc) is 2.84. The molecule has 0 atom stereocenters. The molecule has 0 amide bonds. The second-order valence-electron chi connectivity index (χ2n) is 4.86. The van der Waals surface area contributed by atoms with Gasteiger partial charge in [-0.3, -0.25) is 0 Å². The number of rotatable bonds is 5. The molecule has 0 saturated carbocycles. The number of nitrogens with one attached hydrogen (secondary N) is 3. The van der Waals surface area contributed by atoms with Crippen LogP contribution in [0, 0.1) is 0 Å². The van der Waals surface area contributed by atoms with Gasteiger partial charge in [0.1, 0.15) is 0 Å². The van der Waals surface area contributed by atoms with Crippen LogP contribution in [0.2, 0.25) is 0 Å². The van der Waals surface area contributed by atoms with Crippen LogP contribution in [-0.2, 0) is 6.42 Å². The topological polar surface area (TPSA) is 60.7 Å². The monoisotopic (exact) mass is 267 g/mol. The van der Waals surface area contributed by atoms with Crippen molar-refractivity contribution in [2.75, 3.05) is 11.9 Å². The van der Waals surface area contributed by atoms with E-state index in [1.54, 1.807) is 0 Å². The highest BCUT2D eigenvalue weighted by atomic mass is 16.1. The number of anilines is 1. The molecule has 0 spiro atoms. The van der Waals surface area contributed by atoms with Gasteiger partial charge in [0.2, 0.25) is 0 Å². The van der Waals surface area contributed by atoms with E-state index in [9.17, 15) is 4.79 Å². The van der Waals surface area contributed by atoms with Gasteiger partial charge in [-0.05, 0) is 36.6 Å². The number of imidazole rings is 1. The number of aromatic amines is 2. The van der Waals surface area contributed by atoms with Gasteiger partial charge in [0.25, 0.3) is 0 Å². The Bertz CT molecular complexity index is 743. The van der Waals surface area contributed by atoms with Gasteiger partial charge in [0, 0.05) is 12.2 Å². The maximum atomic E-state index is 11.2. The number of hydrogen-bond acceptors (Lipinski definition) is 2. The molecule has 0 fully saturated rings. The number of aromatic nitrogens is 2. The summed E-state index contributed by atoms with van der Waals surface area (Å²) in [6.45, 7) is 0.912. The first kappa shape index (κ1) is 12.5. The molecule has 0 aliphatic heterocycles. The van der Waals surface area contributed by atoms with Crippen molar-refractivity contribution < 1.29 is 0 Å². The van der Waals surface area contributed by atoms with Crippen LogP contribution in [-0.4, -0.2) is 16.5 Å². The molecule has 0 unspecified atom stereocenters. The van der Waals surface area contributed by atoms with Gasteiger partial charge < -0.3 is 15.3 Å². The molecule has 0 saturated heterocycles. The SMILES string of the molecule is O=c1[nH]c2ccc(NCCCc3ccccc3)cc2[nH]1. The minimum atomic E-state index is -0.166. The summed E-state index contributed by atoms with van der Waals surface area (Å²) in [4.78, 5) is 16.7. The first-order chi connectivity index (χ1) is 9.81. The van der Waals surface area contributed by atoms with Crippen molar-refractivity contribution in [1.82, 2.24) is 9.97 Å². The van der Waals surface area contributed by atoms with E-state index in [1.807, 2.05) is 24.3 Å². The van der Waals surface area contributed by atoms with Crippen molar-refractivity contribution in [3.05, 3.63) is 64.6 Å². The lowest BCUT2D eigenvalue weighted by molar-refractivity contribution is 0.863. The molecular weight excluding hydrogens is 250 g/mol. The Morgan fingerprint density at radius 2 is 1.75 bits per heavy atom. The molecule has 102 valence electrons. The van der Waals surface area contributed by atoms with Crippen molar-refractivity contribution in [3.63, 3.8) is 0 Å². The van der Waals surface area contributed by atoms with Gasteiger partial charge in [0.05, 0.1) is 11.0 Å². The molecule has 0 aliphatic carbocycles. The largest absolute Gasteiger partial charge is 0.385 e. The molecule has 0 radical (unpaired) electrons. The van der Waals surface area contributed by atoms with Crippen molar-refractivity contribution in [3.8, 4) is 0 Å². The lowest BCUT2D eigenvalue weighted by atomic mass is 10.1. The van der Waals surface area contributed by atoms with E-state index < -0.39 is 0 Å². The third-order valence-corrected chi connectivity index (χ3v) is 3.33. The summed E-state index contributed by atoms with van der Waals surface area (Å²) in [7, 11) is 0. The first-order valence-electron chi connectivity index (χ1n) is 6.81. The minimum Gasteiger partial charge on any atom is -0.385 e. The van der Waals surface area contributed by atoms with Crippen molar-refractivity contribution in [1.29, 1.82) is 0 Å². The molecule has 3 N–H and O–H groups in total. The number of H-pyrrole nitrogens is 2. The molecule has 1 aromatic heterocycles. The molecule has 2 aromatic carbocycles. The molecule has 0 bridgehead atoms. The van der Waals surface area contributed by atoms with Gasteiger partial charge in [-0.15, -0.1) is 0 Å². The van der Waals surface area contributed by atoms with Crippen LogP contribution in [0.25, 0.3) is 11.0 Å². The van der Waals surface area contributed by atoms with E-state index in [0.717, 1.165) is 36.1 Å². The van der Waals surface area contributed by atoms with E-state index in [0.29, 0.717) is 0 Å². The Labute approximate surface area is 116 Å². The van der Waals surface area contributed by atoms with Crippen LogP contribution in [0.4, 0.5) is 5.69 Å². The summed E-state index contributed by atoms with van der Waals surface area (Å²) in [5.74, 6) is 0. The Kier molecular flexibility index (Phi) is 3.54. The molecule has 20 heavy (non-hydrogen) atoms. The van der Waals surface area contributed by atoms with E-state index in [2.05, 4.69) is 39.6 Å². The van der Waals surface area contributed by atoms with Gasteiger partial charge in [0.15, 0.2) is 0 Å². The number of benzene rings is 2. The molecule has 1 heterocycles. The molecule has 3 rings (SSSR count). The maximum absolute atomic E-state index is 11.2. The Morgan fingerprint density at radius 3 is 2.60 bits per heavy atom. The van der Waals surface area contributed by atoms with Crippen molar-refractivity contribution in [2.45, 2.75) is 12.8 Å². The van der Waals surface area contributed by atoms with Crippen LogP contribution in [0.3, 0.4) is 0 Å². The predicted molar refractivity (Wildman–Crippen MR) is 82.2 cm³/mol. The highest BCUT2D eigenvalue weighted by Gasteiger charge is 1.99. The zero-order valence-electron chi connectivity index (χ0n) is 11.1. The summed E-state index contributed by atoms with van der Waals surface area (Å²) < 4.78 is 0. The summed E-state index contributed by atoms with van der Waals surface area (Å²) >= 11 is 0. The van der Waals surface area contributed by atoms with Crippen molar-refractivity contribution in [2.24, 2.45) is 0 Å². The van der Waals surface area contributed by atoms with E-state index >= 15 is 0 Å². The second kappa shape index (κ2) is 5.65. The molecule has 3 aromatic rings. The lowest BCUT2D eigenvalue weighted by Crippen LogP contribution is -2.02. The van der Waals surface area contributed by atoms with Crippen LogP contribution >= 0.6 is 0 Å². The molecule has 4 heteroatoms. The predicted octanol–water partition coefficient (Wildman–Crippen LogP) is 2.90. The summed E-state index contributed by atoms with van der Waals surface area (Å²) in [6, 6.07) is 16.3. The maximum Gasteiger partial charge on any atom is 0.323 e. The fourth-order valence-corrected chi connectivity index (χ4v) is 2.31. The van der Waals surface area contributed by atoms with Crippen LogP contribution in [0.1, 0.15) is 12.0 Å². The van der Waals surface area contributed by atoms with Crippen LogP contribution in [0.15, 0.2) is 53.3 Å². The average molecular weight is 267 g/mol. The molecule has 4 nitrogen and oxygen atoms in total. The zero-order chi connectivity index (χ0) is 13.8. The van der Waals surface area contributed by atoms with Gasteiger partial charge in [-0.25, -0.2) is 4.79 Å². The normalized spacial score (nSPS) is 10.8. The number of aryl methyl sites for hydroxylation is 1. The Hall–Kier alpha value is -2.49. The summed E-state index contributed by atoms with van der Waals surface area (Å²) in [6.07, 6.45) is 2.14. The minimum absolute atomic E-state index is 0.166. The highest BCUT2D eigenvalue weighted by molar-refractivity contribution is 5.78. The van der Waals surface area contributed by atoms with Crippen LogP contribution < -0.4 is 11.0 Å². The Balaban J connectivity index is 1.56.